The molecule has 0 spiro atoms. The Morgan fingerprint density at radius 2 is 1.41 bits per heavy atom. The number of rotatable bonds is 11. The van der Waals surface area contributed by atoms with Crippen molar-refractivity contribution in [2.75, 3.05) is 19.8 Å². The number of carbonyl (C=O) groups is 3. The molecule has 0 saturated carbocycles. The van der Waals surface area contributed by atoms with Gasteiger partial charge in [-0.1, -0.05) is 61.9 Å². The third kappa shape index (κ3) is 9.02. The van der Waals surface area contributed by atoms with Crippen LogP contribution in [0.25, 0.3) is 21.5 Å². The molecule has 56 heavy (non-hydrogen) atoms. The quantitative estimate of drug-likeness (QED) is 0.0959. The zero-order valence-electron chi connectivity index (χ0n) is 31.5. The minimum Gasteiger partial charge on any atom is -0.507 e. The van der Waals surface area contributed by atoms with Gasteiger partial charge in [-0.3, -0.25) is 9.69 Å². The van der Waals surface area contributed by atoms with Crippen LogP contribution in [0.5, 0.6) is 11.5 Å². The molecule has 4 aromatic carbocycles. The van der Waals surface area contributed by atoms with Gasteiger partial charge in [-0.2, -0.15) is 0 Å². The van der Waals surface area contributed by atoms with E-state index in [9.17, 15) is 50.1 Å². The first-order valence-electron chi connectivity index (χ1n) is 18.4. The normalized spacial score (nSPS) is 25.0. The fourth-order valence-electron chi connectivity index (χ4n) is 7.80. The lowest BCUT2D eigenvalue weighted by atomic mass is 9.90. The maximum atomic E-state index is 12.9. The number of phenols is 2. The Morgan fingerprint density at radius 1 is 0.893 bits per heavy atom. The molecule has 9 atom stereocenters. The molecular weight excluding hydrogens is 764 g/mol. The summed E-state index contributed by atoms with van der Waals surface area (Å²) in [6.07, 6.45) is -0.139. The van der Waals surface area contributed by atoms with E-state index in [2.05, 4.69) is 12.2 Å². The van der Waals surface area contributed by atoms with Gasteiger partial charge < -0.3 is 45.8 Å². The summed E-state index contributed by atoms with van der Waals surface area (Å²) in [4.78, 5) is 38.2. The van der Waals surface area contributed by atoms with Gasteiger partial charge in [0.05, 0.1) is 17.5 Å². The van der Waals surface area contributed by atoms with Gasteiger partial charge in [-0.05, 0) is 72.7 Å². The average molecular weight is 813 g/mol. The summed E-state index contributed by atoms with van der Waals surface area (Å²) in [7, 11) is 1.94. The number of likely N-dealkylation sites (N-methyl/N-ethyl adjacent to an activating group) is 1. The van der Waals surface area contributed by atoms with Crippen molar-refractivity contribution < 1.29 is 54.9 Å². The number of carboxylic acids is 2. The maximum Gasteiger partial charge on any atom is 0.339 e. The predicted octanol–water partition coefficient (Wildman–Crippen LogP) is 4.78. The second-order valence-electron chi connectivity index (χ2n) is 14.5. The first-order chi connectivity index (χ1) is 26.6. The molecule has 2 fully saturated rings. The smallest absolute Gasteiger partial charge is 0.339 e. The first-order valence-corrected chi connectivity index (χ1v) is 20.1. The summed E-state index contributed by atoms with van der Waals surface area (Å²) in [5, 5.41) is 75.8. The van der Waals surface area contributed by atoms with E-state index in [1.807, 2.05) is 11.9 Å². The number of aromatic carboxylic acids is 2. The van der Waals surface area contributed by atoms with Crippen LogP contribution in [0, 0.1) is 5.92 Å². The first kappa shape index (κ1) is 43.0. The number of alkyl halides is 1. The average Bonchev–Trinajstić information content (AvgIpc) is 3.54. The lowest BCUT2D eigenvalue weighted by molar-refractivity contribution is -0.205. The van der Waals surface area contributed by atoms with Crippen LogP contribution in [0.15, 0.2) is 60.7 Å². The number of fused-ring (bicyclic) bond motifs is 2. The molecule has 0 aliphatic carbocycles. The van der Waals surface area contributed by atoms with Gasteiger partial charge in [0.2, 0.25) is 5.91 Å². The van der Waals surface area contributed by atoms with Crippen molar-refractivity contribution in [2.45, 2.75) is 86.8 Å². The van der Waals surface area contributed by atoms with Gasteiger partial charge in [0.1, 0.15) is 52.5 Å². The molecule has 0 aromatic heterocycles. The number of ether oxygens (including phenoxy) is 1. The number of nitrogens with zero attached hydrogens (tertiary/aromatic N) is 1. The lowest BCUT2D eigenvalue weighted by Gasteiger charge is -2.44. The number of aromatic hydroxyl groups is 2. The van der Waals surface area contributed by atoms with E-state index in [0.29, 0.717) is 38.6 Å². The van der Waals surface area contributed by atoms with Crippen LogP contribution in [0.1, 0.15) is 65.0 Å². The molecule has 6 rings (SSSR count). The van der Waals surface area contributed by atoms with Crippen molar-refractivity contribution in [2.24, 2.45) is 5.92 Å². The zero-order valence-corrected chi connectivity index (χ0v) is 33.1. The van der Waals surface area contributed by atoms with Crippen LogP contribution in [-0.4, -0.2) is 126 Å². The number of halogens is 1. The monoisotopic (exact) mass is 812 g/mol. The second-order valence-corrected chi connectivity index (χ2v) is 16.1. The number of likely N-dealkylation sites (tertiary alicyclic amines) is 1. The van der Waals surface area contributed by atoms with Crippen LogP contribution in [0.2, 0.25) is 0 Å². The van der Waals surface area contributed by atoms with Gasteiger partial charge in [0, 0.05) is 24.1 Å². The second kappa shape index (κ2) is 18.4. The van der Waals surface area contributed by atoms with E-state index in [0.717, 1.165) is 25.8 Å². The Kier molecular flexibility index (Phi) is 14.1. The number of aliphatic hydroxyl groups excluding tert-OH is 3. The highest BCUT2D eigenvalue weighted by molar-refractivity contribution is 7.99. The van der Waals surface area contributed by atoms with E-state index in [1.165, 1.54) is 23.9 Å². The number of amides is 1. The molecule has 8 N–H and O–H groups in total. The molecule has 0 bridgehead atoms. The fourth-order valence-corrected chi connectivity index (χ4v) is 8.68. The molecule has 2 heterocycles. The highest BCUT2D eigenvalue weighted by Gasteiger charge is 2.48. The summed E-state index contributed by atoms with van der Waals surface area (Å²) in [5.41, 5.74) is -0.591. The van der Waals surface area contributed by atoms with Crippen LogP contribution in [0.3, 0.4) is 0 Å². The molecule has 13 nitrogen and oxygen atoms in total. The van der Waals surface area contributed by atoms with E-state index < -0.39 is 64.7 Å². The summed E-state index contributed by atoms with van der Waals surface area (Å²) in [6.45, 7) is 4.74. The summed E-state index contributed by atoms with van der Waals surface area (Å²) >= 11 is 7.55. The molecule has 2 aliphatic rings. The summed E-state index contributed by atoms with van der Waals surface area (Å²) in [5.74, 6) is -3.01. The SMILES string of the molecule is CCC[C@@H]1C[C@@H](C(=O)N[C@@H]([C@H]2O[C@H](SC)[C@H](O)[C@@H](O)[C@H]2O)[C@H](C)Cl)N(C)C1.O=C(O)c1cc2ccccc2c(Cc2c(O)c(C(=O)O)cc3ccccc23)c1O. The Morgan fingerprint density at radius 3 is 1.88 bits per heavy atom. The van der Waals surface area contributed by atoms with Crippen LogP contribution in [0.4, 0.5) is 0 Å². The van der Waals surface area contributed by atoms with Crippen molar-refractivity contribution in [3.8, 4) is 11.5 Å². The van der Waals surface area contributed by atoms with E-state index in [-0.39, 0.29) is 29.5 Å². The fraction of sp³-hybridized carbons (Fsp3) is 0.439. The molecule has 0 unspecified atom stereocenters. The largest absolute Gasteiger partial charge is 0.507 e. The molecule has 2 saturated heterocycles. The minimum absolute atomic E-state index is 0.0407. The van der Waals surface area contributed by atoms with Crippen LogP contribution < -0.4 is 5.32 Å². The Bertz CT molecular complexity index is 1960. The maximum absolute atomic E-state index is 12.9. The molecule has 15 heteroatoms. The molecule has 0 radical (unpaired) electrons. The van der Waals surface area contributed by atoms with Crippen molar-refractivity contribution in [3.63, 3.8) is 0 Å². The predicted molar refractivity (Wildman–Crippen MR) is 215 cm³/mol. The molecule has 4 aromatic rings. The third-order valence-corrected chi connectivity index (χ3v) is 11.8. The van der Waals surface area contributed by atoms with Crippen LogP contribution in [-0.2, 0) is 16.0 Å². The Labute approximate surface area is 333 Å². The molecule has 1 amide bonds. The van der Waals surface area contributed by atoms with Gasteiger partial charge in [-0.25, -0.2) is 9.59 Å². The molecular formula is C41H49ClN2O11S. The van der Waals surface area contributed by atoms with Crippen molar-refractivity contribution in [1.82, 2.24) is 10.2 Å². The standard InChI is InChI=1S/C23H16O6.C18H33ClN2O5S/c24-20-16(14-7-3-1-5-12(14)9-18(20)22(26)27)11-17-15-8-4-2-6-13(15)10-19(21(17)25)23(28)29;1-5-6-10-7-11(21(3)8-10)17(25)20-12(9(2)19)16-14(23)13(22)15(24)18(26-16)27-4/h1-10,24-25H,11H2,(H,26,27)(H,28,29);9-16,18,22-24H,5-8H2,1-4H3,(H,20,25)/t;9-,10+,11-,12+,13-,14+,15+,16+,18+/m.0/s1. The third-order valence-electron chi connectivity index (χ3n) is 10.7. The number of nitrogens with one attached hydrogen (secondary N) is 1. The van der Waals surface area contributed by atoms with E-state index in [4.69, 9.17) is 16.3 Å². The lowest BCUT2D eigenvalue weighted by Crippen LogP contribution is -2.65. The molecule has 2 aliphatic heterocycles. The van der Waals surface area contributed by atoms with Crippen molar-refractivity contribution in [1.29, 1.82) is 0 Å². The summed E-state index contributed by atoms with van der Waals surface area (Å²) < 4.78 is 5.79. The number of hydrogen-bond acceptors (Lipinski definition) is 11. The highest BCUT2D eigenvalue weighted by atomic mass is 35.5. The topological polar surface area (TPSA) is 217 Å². The number of thioether (sulfide) groups is 1. The van der Waals surface area contributed by atoms with Crippen molar-refractivity contribution >= 4 is 62.8 Å². The number of carbonyl (C=O) groups excluding carboxylic acids is 1. The van der Waals surface area contributed by atoms with Crippen LogP contribution >= 0.6 is 23.4 Å². The van der Waals surface area contributed by atoms with E-state index >= 15 is 0 Å². The van der Waals surface area contributed by atoms with Gasteiger partial charge in [-0.15, -0.1) is 23.4 Å². The zero-order chi connectivity index (χ0) is 41.0. The van der Waals surface area contributed by atoms with E-state index in [1.54, 1.807) is 61.7 Å². The molecule has 302 valence electrons. The number of hydrogen-bond donors (Lipinski definition) is 8. The minimum atomic E-state index is -1.36. The van der Waals surface area contributed by atoms with Gasteiger partial charge >= 0.3 is 11.9 Å². The van der Waals surface area contributed by atoms with Crippen molar-refractivity contribution in [3.05, 3.63) is 82.9 Å². The van der Waals surface area contributed by atoms with Gasteiger partial charge in [0.25, 0.3) is 0 Å². The Hall–Kier alpha value is -4.15. The number of aliphatic hydroxyl groups is 3. The Balaban J connectivity index is 0.000000215. The number of benzene rings is 4. The highest BCUT2D eigenvalue weighted by Crippen LogP contribution is 2.39. The van der Waals surface area contributed by atoms with Gasteiger partial charge in [0.15, 0.2) is 0 Å². The summed E-state index contributed by atoms with van der Waals surface area (Å²) in [6, 6.07) is 15.8. The number of carboxylic acid groups (broad SMARTS) is 2.